The zero-order valence-electron chi connectivity index (χ0n) is 31.3. The van der Waals surface area contributed by atoms with Crippen molar-refractivity contribution in [3.63, 3.8) is 0 Å². The van der Waals surface area contributed by atoms with Crippen LogP contribution >= 0.6 is 0 Å². The maximum Gasteiger partial charge on any atom is 0.416 e. The summed E-state index contributed by atoms with van der Waals surface area (Å²) in [4.78, 5) is 7.40. The Labute approximate surface area is 311 Å². The number of halogens is 6. The highest BCUT2D eigenvalue weighted by Gasteiger charge is 2.37. The van der Waals surface area contributed by atoms with Crippen molar-refractivity contribution in [1.29, 1.82) is 0 Å². The van der Waals surface area contributed by atoms with Crippen LogP contribution in [0.2, 0.25) is 0 Å². The molecule has 0 spiro atoms. The zero-order chi connectivity index (χ0) is 38.2. The molecule has 292 valence electrons. The van der Waals surface area contributed by atoms with Gasteiger partial charge in [-0.3, -0.25) is 9.80 Å². The summed E-state index contributed by atoms with van der Waals surface area (Å²) in [5.41, 5.74) is 1.48. The van der Waals surface area contributed by atoms with E-state index < -0.39 is 23.5 Å². The molecule has 0 saturated carbocycles. The van der Waals surface area contributed by atoms with E-state index in [9.17, 15) is 31.4 Å². The second kappa shape index (κ2) is 18.5. The van der Waals surface area contributed by atoms with Crippen molar-refractivity contribution in [3.8, 4) is 5.75 Å². The van der Waals surface area contributed by atoms with Gasteiger partial charge in [0.2, 0.25) is 0 Å². The number of hydrogen-bond donors (Lipinski definition) is 2. The zero-order valence-corrected chi connectivity index (χ0v) is 31.3. The average Bonchev–Trinajstić information content (AvgIpc) is 3.10. The maximum atomic E-state index is 13.4. The molecule has 0 radical (unpaired) electrons. The first kappa shape index (κ1) is 41.1. The van der Waals surface area contributed by atoms with Crippen LogP contribution in [0, 0.1) is 5.92 Å². The number of nitrogens with zero attached hydrogens (tertiary/aromatic N) is 3. The van der Waals surface area contributed by atoms with Gasteiger partial charge in [-0.15, -0.1) is 0 Å². The molecule has 2 N–H and O–H groups in total. The third kappa shape index (κ3) is 12.5. The topological polar surface area (TPSA) is 42.0 Å². The van der Waals surface area contributed by atoms with Crippen molar-refractivity contribution in [2.45, 2.75) is 89.7 Å². The monoisotopic (exact) mass is 746 g/mol. The largest absolute Gasteiger partial charge is 0.508 e. The number of piperazine rings is 2. The maximum absolute atomic E-state index is 13.4. The van der Waals surface area contributed by atoms with Gasteiger partial charge in [-0.2, -0.15) is 26.3 Å². The third-order valence-electron chi connectivity index (χ3n) is 10.9. The van der Waals surface area contributed by atoms with Crippen molar-refractivity contribution >= 4 is 0 Å². The molecule has 3 atom stereocenters. The average molecular weight is 747 g/mol. The summed E-state index contributed by atoms with van der Waals surface area (Å²) in [6, 6.07) is 19.0. The van der Waals surface area contributed by atoms with Gasteiger partial charge in [0.05, 0.1) is 11.1 Å². The van der Waals surface area contributed by atoms with Crippen LogP contribution in [0.3, 0.4) is 0 Å². The third-order valence-corrected chi connectivity index (χ3v) is 10.9. The normalized spacial score (nSPS) is 20.3. The van der Waals surface area contributed by atoms with E-state index in [0.29, 0.717) is 31.0 Å². The van der Waals surface area contributed by atoms with Crippen LogP contribution in [0.4, 0.5) is 26.3 Å². The molecule has 3 aromatic carbocycles. The number of phenols is 1. The molecule has 5 nitrogen and oxygen atoms in total. The number of unbranched alkanes of at least 4 members (excludes halogenated alkanes) is 1. The molecule has 1 unspecified atom stereocenters. The molecular weight excluding hydrogens is 690 g/mol. The van der Waals surface area contributed by atoms with E-state index in [0.717, 1.165) is 90.1 Å². The molecule has 0 aromatic heterocycles. The molecule has 2 aliphatic rings. The van der Waals surface area contributed by atoms with E-state index in [1.807, 2.05) is 12.1 Å². The minimum Gasteiger partial charge on any atom is -0.508 e. The summed E-state index contributed by atoms with van der Waals surface area (Å²) in [6.45, 7) is 14.3. The van der Waals surface area contributed by atoms with Crippen molar-refractivity contribution in [2.24, 2.45) is 5.92 Å². The number of phenolic OH excluding ortho intramolecular Hbond substituents is 1. The summed E-state index contributed by atoms with van der Waals surface area (Å²) in [5, 5.41) is 13.3. The fourth-order valence-electron chi connectivity index (χ4n) is 7.94. The molecule has 5 rings (SSSR count). The van der Waals surface area contributed by atoms with Gasteiger partial charge in [-0.05, 0) is 103 Å². The Morgan fingerprint density at radius 1 is 0.736 bits per heavy atom. The molecule has 11 heteroatoms. The highest BCUT2D eigenvalue weighted by atomic mass is 19.4. The minimum atomic E-state index is -4.84. The highest BCUT2D eigenvalue weighted by molar-refractivity contribution is 5.34. The van der Waals surface area contributed by atoms with Crippen LogP contribution in [-0.4, -0.2) is 90.8 Å². The van der Waals surface area contributed by atoms with Crippen LogP contribution < -0.4 is 5.32 Å². The Morgan fingerprint density at radius 2 is 1.40 bits per heavy atom. The van der Waals surface area contributed by atoms with Gasteiger partial charge in [-0.1, -0.05) is 63.6 Å². The van der Waals surface area contributed by atoms with Crippen molar-refractivity contribution in [1.82, 2.24) is 20.0 Å². The number of hydrogen-bond acceptors (Lipinski definition) is 5. The molecule has 2 aliphatic heterocycles. The lowest BCUT2D eigenvalue weighted by atomic mass is 9.94. The summed E-state index contributed by atoms with van der Waals surface area (Å²) < 4.78 is 80.4. The number of alkyl halides is 6. The SMILES string of the molecule is CC(C)Cc1ccc(C(C)CN2CCN(CCCC[C@H]3CNCCN3CCc3cc(C(F)(F)F)cc(C(F)(F)F)c3)C[C@@H]2Cc2ccc(O)cc2)cc1. The molecule has 0 bridgehead atoms. The second-order valence-corrected chi connectivity index (χ2v) is 15.6. The summed E-state index contributed by atoms with van der Waals surface area (Å²) >= 11 is 0. The van der Waals surface area contributed by atoms with Gasteiger partial charge < -0.3 is 15.3 Å². The van der Waals surface area contributed by atoms with Crippen molar-refractivity contribution in [2.75, 3.05) is 58.9 Å². The Hall–Kier alpha value is -3.12. The lowest BCUT2D eigenvalue weighted by molar-refractivity contribution is -0.143. The van der Waals surface area contributed by atoms with Gasteiger partial charge in [0, 0.05) is 64.4 Å². The highest BCUT2D eigenvalue weighted by Crippen LogP contribution is 2.36. The second-order valence-electron chi connectivity index (χ2n) is 15.6. The number of aromatic hydroxyl groups is 1. The first-order valence-electron chi connectivity index (χ1n) is 19.2. The fraction of sp³-hybridized carbons (Fsp3) is 0.571. The Kier molecular flexibility index (Phi) is 14.3. The summed E-state index contributed by atoms with van der Waals surface area (Å²) in [6.07, 6.45) is -4.68. The van der Waals surface area contributed by atoms with Crippen LogP contribution in [0.25, 0.3) is 0 Å². The van der Waals surface area contributed by atoms with Gasteiger partial charge >= 0.3 is 12.4 Å². The van der Waals surface area contributed by atoms with Gasteiger partial charge in [-0.25, -0.2) is 0 Å². The van der Waals surface area contributed by atoms with Crippen LogP contribution in [0.5, 0.6) is 5.75 Å². The van der Waals surface area contributed by atoms with E-state index in [1.165, 1.54) is 16.7 Å². The van der Waals surface area contributed by atoms with E-state index in [2.05, 4.69) is 65.1 Å². The van der Waals surface area contributed by atoms with E-state index in [1.54, 1.807) is 12.1 Å². The first-order valence-corrected chi connectivity index (χ1v) is 19.2. The predicted octanol–water partition coefficient (Wildman–Crippen LogP) is 8.65. The minimum absolute atomic E-state index is 0.0550. The van der Waals surface area contributed by atoms with Crippen LogP contribution in [-0.2, 0) is 31.6 Å². The number of nitrogens with one attached hydrogen (secondary N) is 1. The molecular formula is C42H56F6N4O. The van der Waals surface area contributed by atoms with E-state index in [4.69, 9.17) is 0 Å². The Bertz CT molecular complexity index is 1530. The van der Waals surface area contributed by atoms with Crippen LogP contribution in [0.15, 0.2) is 66.7 Å². The van der Waals surface area contributed by atoms with Gasteiger partial charge in [0.1, 0.15) is 5.75 Å². The first-order chi connectivity index (χ1) is 25.1. The number of rotatable bonds is 15. The quantitative estimate of drug-likeness (QED) is 0.121. The molecule has 3 aromatic rings. The molecule has 2 heterocycles. The smallest absolute Gasteiger partial charge is 0.416 e. The van der Waals surface area contributed by atoms with Crippen molar-refractivity contribution in [3.05, 3.63) is 100 Å². The van der Waals surface area contributed by atoms with Crippen molar-refractivity contribution < 1.29 is 31.4 Å². The fourth-order valence-corrected chi connectivity index (χ4v) is 7.94. The predicted molar refractivity (Wildman–Crippen MR) is 199 cm³/mol. The number of benzene rings is 3. The van der Waals surface area contributed by atoms with E-state index in [-0.39, 0.29) is 29.8 Å². The van der Waals surface area contributed by atoms with Crippen LogP contribution in [0.1, 0.15) is 79.3 Å². The summed E-state index contributed by atoms with van der Waals surface area (Å²) in [5.74, 6) is 1.29. The Balaban J connectivity index is 1.14. The van der Waals surface area contributed by atoms with E-state index >= 15 is 0 Å². The molecule has 0 amide bonds. The molecule has 2 saturated heterocycles. The molecule has 53 heavy (non-hydrogen) atoms. The standard InChI is InChI=1S/C42H56F6N4O/c1-30(2)22-32-7-11-35(12-8-32)31(3)28-52-21-20-50(29-39(52)25-33-9-13-40(53)14-10-33)17-5-4-6-38-27-49-16-19-51(38)18-15-34-23-36(41(43,44)45)26-37(24-34)42(46,47)48/h7-14,23-24,26,30-31,38-39,49,53H,4-6,15-22,25,27-29H2,1-3H3/t31?,38-,39-/m0/s1. The van der Waals surface area contributed by atoms with Gasteiger partial charge in [0.15, 0.2) is 0 Å². The molecule has 2 fully saturated rings. The summed E-state index contributed by atoms with van der Waals surface area (Å²) in [7, 11) is 0. The molecule has 0 aliphatic carbocycles. The lowest BCUT2D eigenvalue weighted by Gasteiger charge is -2.43. The van der Waals surface area contributed by atoms with Gasteiger partial charge in [0.25, 0.3) is 0 Å². The Morgan fingerprint density at radius 3 is 2.04 bits per heavy atom. The lowest BCUT2D eigenvalue weighted by Crippen LogP contribution is -2.55.